The lowest BCUT2D eigenvalue weighted by Gasteiger charge is -2.20. The first-order chi connectivity index (χ1) is 6.73. The number of amides is 1. The fraction of sp³-hybridized carbons (Fsp3) is 0.600. The highest BCUT2D eigenvalue weighted by Gasteiger charge is 2.22. The first-order valence-corrected chi connectivity index (χ1v) is 5.84. The smallest absolute Gasteiger partial charge is 0.221 e. The van der Waals surface area contributed by atoms with Crippen LogP contribution in [0.2, 0.25) is 0 Å². The highest BCUT2D eigenvalue weighted by molar-refractivity contribution is 14.1. The van der Waals surface area contributed by atoms with Gasteiger partial charge >= 0.3 is 0 Å². The predicted octanol–water partition coefficient (Wildman–Crippen LogP) is 2.51. The summed E-state index contributed by atoms with van der Waals surface area (Å²) in [6, 6.07) is 0. The molecule has 0 saturated carbocycles. The number of hydrogen-bond donors (Lipinski definition) is 1. The molecule has 0 fully saturated rings. The minimum Gasteiger partial charge on any atom is -0.323 e. The normalized spacial score (nSPS) is 11.6. The average molecular weight is 321 g/mol. The van der Waals surface area contributed by atoms with E-state index in [1.807, 2.05) is 11.6 Å². The first kappa shape index (κ1) is 12.5. The van der Waals surface area contributed by atoms with Crippen LogP contribution in [-0.2, 0) is 10.3 Å². The molecular formula is C10H16IN3O. The molecule has 0 aliphatic heterocycles. The zero-order valence-electron chi connectivity index (χ0n) is 9.68. The molecule has 0 saturated heterocycles. The van der Waals surface area contributed by atoms with E-state index in [4.69, 9.17) is 0 Å². The fourth-order valence-electron chi connectivity index (χ4n) is 1.26. The van der Waals surface area contributed by atoms with Crippen LogP contribution < -0.4 is 5.32 Å². The molecular weight excluding hydrogens is 305 g/mol. The van der Waals surface area contributed by atoms with E-state index in [2.05, 4.69) is 53.8 Å². The summed E-state index contributed by atoms with van der Waals surface area (Å²) in [7, 11) is 0. The van der Waals surface area contributed by atoms with Crippen LogP contribution in [0, 0.1) is 10.6 Å². The number of hydrogen-bond acceptors (Lipinski definition) is 2. The zero-order chi connectivity index (χ0) is 11.8. The first-order valence-electron chi connectivity index (χ1n) is 4.76. The van der Waals surface area contributed by atoms with Crippen molar-refractivity contribution in [1.82, 2.24) is 9.78 Å². The minimum absolute atomic E-state index is 0.0653. The van der Waals surface area contributed by atoms with E-state index in [0.717, 1.165) is 15.1 Å². The monoisotopic (exact) mass is 321 g/mol. The molecule has 1 N–H and O–H groups in total. The summed E-state index contributed by atoms with van der Waals surface area (Å²) in [4.78, 5) is 11.0. The third-order valence-corrected chi connectivity index (χ3v) is 2.94. The van der Waals surface area contributed by atoms with Gasteiger partial charge in [0.05, 0.1) is 16.9 Å². The Balaban J connectivity index is 3.21. The van der Waals surface area contributed by atoms with Gasteiger partial charge in [0.15, 0.2) is 0 Å². The maximum absolute atomic E-state index is 11.0. The van der Waals surface area contributed by atoms with Crippen molar-refractivity contribution in [2.45, 2.75) is 40.2 Å². The van der Waals surface area contributed by atoms with Gasteiger partial charge in [0.1, 0.15) is 3.70 Å². The van der Waals surface area contributed by atoms with Gasteiger partial charge in [-0.2, -0.15) is 5.10 Å². The molecule has 1 aromatic heterocycles. The topological polar surface area (TPSA) is 46.9 Å². The molecule has 0 aliphatic carbocycles. The van der Waals surface area contributed by atoms with Crippen molar-refractivity contribution in [2.24, 2.45) is 0 Å². The lowest BCUT2D eigenvalue weighted by atomic mass is 10.1. The Morgan fingerprint density at radius 1 is 1.47 bits per heavy atom. The second kappa shape index (κ2) is 4.11. The standard InChI is InChI=1S/C10H16IN3O/c1-6-8(12-7(2)15)9(11)14(13-6)10(3,4)5/h1-5H3,(H,12,15). The molecule has 1 heterocycles. The molecule has 5 heteroatoms. The Bertz CT molecular complexity index is 390. The maximum atomic E-state index is 11.0. The summed E-state index contributed by atoms with van der Waals surface area (Å²) in [6.45, 7) is 9.65. The number of aromatic nitrogens is 2. The quantitative estimate of drug-likeness (QED) is 0.808. The number of anilines is 1. The molecule has 0 spiro atoms. The summed E-state index contributed by atoms with van der Waals surface area (Å²) in [5, 5.41) is 7.23. The molecule has 0 aliphatic rings. The summed E-state index contributed by atoms with van der Waals surface area (Å²) < 4.78 is 2.89. The van der Waals surface area contributed by atoms with Crippen LogP contribution in [0.25, 0.3) is 0 Å². The van der Waals surface area contributed by atoms with Crippen molar-refractivity contribution in [3.63, 3.8) is 0 Å². The van der Waals surface area contributed by atoms with E-state index in [9.17, 15) is 4.79 Å². The van der Waals surface area contributed by atoms with Crippen LogP contribution in [0.15, 0.2) is 0 Å². The van der Waals surface area contributed by atoms with Crippen LogP contribution in [-0.4, -0.2) is 15.7 Å². The predicted molar refractivity (Wildman–Crippen MR) is 69.0 cm³/mol. The second-order valence-electron chi connectivity index (χ2n) is 4.52. The Morgan fingerprint density at radius 3 is 2.33 bits per heavy atom. The highest BCUT2D eigenvalue weighted by atomic mass is 127. The SMILES string of the molecule is CC(=O)Nc1c(C)nn(C(C)(C)C)c1I. The number of rotatable bonds is 1. The van der Waals surface area contributed by atoms with Crippen LogP contribution >= 0.6 is 22.6 Å². The van der Waals surface area contributed by atoms with Gasteiger partial charge in [-0.15, -0.1) is 0 Å². The Hall–Kier alpha value is -0.590. The number of nitrogens with zero attached hydrogens (tertiary/aromatic N) is 2. The van der Waals surface area contributed by atoms with Gasteiger partial charge in [0.2, 0.25) is 5.91 Å². The molecule has 0 aromatic carbocycles. The van der Waals surface area contributed by atoms with Gasteiger partial charge in [-0.1, -0.05) is 0 Å². The van der Waals surface area contributed by atoms with Gasteiger partial charge in [-0.05, 0) is 50.3 Å². The molecule has 0 bridgehead atoms. The molecule has 0 unspecified atom stereocenters. The van der Waals surface area contributed by atoms with Gasteiger partial charge in [-0.3, -0.25) is 9.48 Å². The molecule has 1 rings (SSSR count). The molecule has 0 atom stereocenters. The van der Waals surface area contributed by atoms with Crippen molar-refractivity contribution in [3.8, 4) is 0 Å². The number of carbonyl (C=O) groups excluding carboxylic acids is 1. The third-order valence-electron chi connectivity index (χ3n) is 1.94. The van der Waals surface area contributed by atoms with Crippen molar-refractivity contribution in [1.29, 1.82) is 0 Å². The van der Waals surface area contributed by atoms with E-state index in [1.54, 1.807) is 0 Å². The summed E-state index contributed by atoms with van der Waals surface area (Å²) in [5.74, 6) is -0.0653. The van der Waals surface area contributed by atoms with Crippen molar-refractivity contribution >= 4 is 34.2 Å². The molecule has 0 radical (unpaired) electrons. The molecule has 1 amide bonds. The van der Waals surface area contributed by atoms with Crippen LogP contribution in [0.3, 0.4) is 0 Å². The van der Waals surface area contributed by atoms with Gasteiger partial charge in [0.25, 0.3) is 0 Å². The molecule has 4 nitrogen and oxygen atoms in total. The Kier molecular flexibility index (Phi) is 3.42. The van der Waals surface area contributed by atoms with Gasteiger partial charge in [0, 0.05) is 6.92 Å². The van der Waals surface area contributed by atoms with Gasteiger partial charge in [-0.25, -0.2) is 0 Å². The van der Waals surface area contributed by atoms with Gasteiger partial charge < -0.3 is 5.32 Å². The average Bonchev–Trinajstić information content (AvgIpc) is 2.30. The lowest BCUT2D eigenvalue weighted by Crippen LogP contribution is -2.24. The van der Waals surface area contributed by atoms with E-state index in [1.165, 1.54) is 6.92 Å². The van der Waals surface area contributed by atoms with Crippen molar-refractivity contribution in [3.05, 3.63) is 9.39 Å². The minimum atomic E-state index is -0.0714. The van der Waals surface area contributed by atoms with E-state index < -0.39 is 0 Å². The fourth-order valence-corrected chi connectivity index (χ4v) is 2.62. The number of aryl methyl sites for hydroxylation is 1. The van der Waals surface area contributed by atoms with E-state index >= 15 is 0 Å². The Labute approximate surface area is 104 Å². The highest BCUT2D eigenvalue weighted by Crippen LogP contribution is 2.27. The van der Waals surface area contributed by atoms with Crippen molar-refractivity contribution in [2.75, 3.05) is 5.32 Å². The number of nitrogens with one attached hydrogen (secondary N) is 1. The zero-order valence-corrected chi connectivity index (χ0v) is 11.8. The number of carbonyl (C=O) groups is 1. The van der Waals surface area contributed by atoms with Crippen LogP contribution in [0.1, 0.15) is 33.4 Å². The van der Waals surface area contributed by atoms with Crippen LogP contribution in [0.4, 0.5) is 5.69 Å². The molecule has 15 heavy (non-hydrogen) atoms. The van der Waals surface area contributed by atoms with E-state index in [0.29, 0.717) is 0 Å². The maximum Gasteiger partial charge on any atom is 0.221 e. The lowest BCUT2D eigenvalue weighted by molar-refractivity contribution is -0.114. The van der Waals surface area contributed by atoms with E-state index in [-0.39, 0.29) is 11.4 Å². The molecule has 84 valence electrons. The summed E-state index contributed by atoms with van der Waals surface area (Å²) in [5.41, 5.74) is 1.60. The Morgan fingerprint density at radius 2 is 2.00 bits per heavy atom. The summed E-state index contributed by atoms with van der Waals surface area (Å²) >= 11 is 2.21. The second-order valence-corrected chi connectivity index (χ2v) is 5.54. The largest absolute Gasteiger partial charge is 0.323 e. The van der Waals surface area contributed by atoms with Crippen LogP contribution in [0.5, 0.6) is 0 Å². The molecule has 1 aromatic rings. The number of halogens is 1. The third kappa shape index (κ3) is 2.70. The summed E-state index contributed by atoms with van der Waals surface area (Å²) in [6.07, 6.45) is 0. The van der Waals surface area contributed by atoms with Crippen molar-refractivity contribution < 1.29 is 4.79 Å².